The highest BCUT2D eigenvalue weighted by molar-refractivity contribution is 9.10. The van der Waals surface area contributed by atoms with Gasteiger partial charge in [-0.2, -0.15) is 0 Å². The van der Waals surface area contributed by atoms with Gasteiger partial charge in [0, 0.05) is 10.0 Å². The highest BCUT2D eigenvalue weighted by atomic mass is 79.9. The molecule has 0 radical (unpaired) electrons. The first-order valence-electron chi connectivity index (χ1n) is 6.64. The SMILES string of the molecule is CCOc1cc(C(N)=O)cc(Cl)c1OCc1ccc(Br)cc1. The highest BCUT2D eigenvalue weighted by Crippen LogP contribution is 2.37. The molecule has 0 spiro atoms. The van der Waals surface area contributed by atoms with Crippen molar-refractivity contribution in [2.75, 3.05) is 6.61 Å². The summed E-state index contributed by atoms with van der Waals surface area (Å²) in [6.45, 7) is 2.60. The van der Waals surface area contributed by atoms with Crippen molar-refractivity contribution in [3.63, 3.8) is 0 Å². The van der Waals surface area contributed by atoms with E-state index in [4.69, 9.17) is 26.8 Å². The van der Waals surface area contributed by atoms with Gasteiger partial charge >= 0.3 is 0 Å². The molecular formula is C16H15BrClNO3. The van der Waals surface area contributed by atoms with Gasteiger partial charge in [-0.1, -0.05) is 39.7 Å². The smallest absolute Gasteiger partial charge is 0.248 e. The summed E-state index contributed by atoms with van der Waals surface area (Å²) in [4.78, 5) is 11.3. The first-order valence-corrected chi connectivity index (χ1v) is 7.81. The number of primary amides is 1. The topological polar surface area (TPSA) is 61.5 Å². The molecular weight excluding hydrogens is 370 g/mol. The Morgan fingerprint density at radius 3 is 2.50 bits per heavy atom. The molecule has 0 saturated heterocycles. The van der Waals surface area contributed by atoms with Crippen LogP contribution in [0.1, 0.15) is 22.8 Å². The molecule has 116 valence electrons. The number of hydrogen-bond acceptors (Lipinski definition) is 3. The molecule has 6 heteroatoms. The number of benzene rings is 2. The largest absolute Gasteiger partial charge is 0.490 e. The fourth-order valence-electron chi connectivity index (χ4n) is 1.85. The summed E-state index contributed by atoms with van der Waals surface area (Å²) in [5.74, 6) is 0.236. The van der Waals surface area contributed by atoms with Gasteiger partial charge in [-0.15, -0.1) is 0 Å². The number of rotatable bonds is 6. The van der Waals surface area contributed by atoms with Crippen molar-refractivity contribution < 1.29 is 14.3 Å². The second-order valence-corrected chi connectivity index (χ2v) is 5.82. The molecule has 0 fully saturated rings. The third kappa shape index (κ3) is 4.15. The normalized spacial score (nSPS) is 10.3. The van der Waals surface area contributed by atoms with Crippen LogP contribution in [0.15, 0.2) is 40.9 Å². The number of ether oxygens (including phenoxy) is 2. The van der Waals surface area contributed by atoms with Gasteiger partial charge in [-0.05, 0) is 36.8 Å². The summed E-state index contributed by atoms with van der Waals surface area (Å²) < 4.78 is 12.2. The fourth-order valence-corrected chi connectivity index (χ4v) is 2.38. The summed E-state index contributed by atoms with van der Waals surface area (Å²) in [6, 6.07) is 10.8. The van der Waals surface area contributed by atoms with Crippen molar-refractivity contribution in [3.05, 3.63) is 57.0 Å². The van der Waals surface area contributed by atoms with Crippen LogP contribution >= 0.6 is 27.5 Å². The predicted molar refractivity (Wildman–Crippen MR) is 89.6 cm³/mol. The molecule has 2 N–H and O–H groups in total. The van der Waals surface area contributed by atoms with Crippen LogP contribution in [0.4, 0.5) is 0 Å². The Morgan fingerprint density at radius 2 is 1.91 bits per heavy atom. The molecule has 4 nitrogen and oxygen atoms in total. The molecule has 0 aliphatic rings. The zero-order valence-corrected chi connectivity index (χ0v) is 14.3. The molecule has 0 aromatic heterocycles. The summed E-state index contributed by atoms with van der Waals surface area (Å²) in [6.07, 6.45) is 0. The predicted octanol–water partition coefficient (Wildman–Crippen LogP) is 4.18. The molecule has 0 heterocycles. The van der Waals surface area contributed by atoms with E-state index in [1.165, 1.54) is 12.1 Å². The van der Waals surface area contributed by atoms with Crippen LogP contribution in [0.25, 0.3) is 0 Å². The van der Waals surface area contributed by atoms with Crippen molar-refractivity contribution in [3.8, 4) is 11.5 Å². The van der Waals surface area contributed by atoms with Crippen LogP contribution in [0.5, 0.6) is 11.5 Å². The lowest BCUT2D eigenvalue weighted by Crippen LogP contribution is -2.11. The van der Waals surface area contributed by atoms with E-state index in [1.54, 1.807) is 0 Å². The third-order valence-corrected chi connectivity index (χ3v) is 3.70. The Morgan fingerprint density at radius 1 is 1.23 bits per heavy atom. The minimum absolute atomic E-state index is 0.282. The zero-order valence-electron chi connectivity index (χ0n) is 11.9. The van der Waals surface area contributed by atoms with Gasteiger partial charge in [0.05, 0.1) is 11.6 Å². The lowest BCUT2D eigenvalue weighted by molar-refractivity contribution is 0.0999. The molecule has 0 saturated carbocycles. The molecule has 2 rings (SSSR count). The maximum atomic E-state index is 11.3. The molecule has 0 unspecified atom stereocenters. The van der Waals surface area contributed by atoms with Crippen molar-refractivity contribution in [1.82, 2.24) is 0 Å². The molecule has 2 aromatic carbocycles. The molecule has 2 aromatic rings. The van der Waals surface area contributed by atoms with Gasteiger partial charge in [-0.3, -0.25) is 4.79 Å². The summed E-state index contributed by atoms with van der Waals surface area (Å²) in [7, 11) is 0. The number of halogens is 2. The second kappa shape index (κ2) is 7.51. The van der Waals surface area contributed by atoms with Crippen molar-refractivity contribution in [1.29, 1.82) is 0 Å². The summed E-state index contributed by atoms with van der Waals surface area (Å²) in [5.41, 5.74) is 6.55. The van der Waals surface area contributed by atoms with Crippen molar-refractivity contribution in [2.24, 2.45) is 5.73 Å². The molecule has 0 bridgehead atoms. The Kier molecular flexibility index (Phi) is 5.69. The summed E-state index contributed by atoms with van der Waals surface area (Å²) in [5, 5.41) is 0.289. The van der Waals surface area contributed by atoms with Crippen LogP contribution in [0.3, 0.4) is 0 Å². The Balaban J connectivity index is 2.25. The molecule has 1 amide bonds. The highest BCUT2D eigenvalue weighted by Gasteiger charge is 2.15. The lowest BCUT2D eigenvalue weighted by atomic mass is 10.2. The van der Waals surface area contributed by atoms with Crippen LogP contribution < -0.4 is 15.2 Å². The lowest BCUT2D eigenvalue weighted by Gasteiger charge is -2.14. The van der Waals surface area contributed by atoms with Gasteiger partial charge in [0.2, 0.25) is 5.91 Å². The fraction of sp³-hybridized carbons (Fsp3) is 0.188. The Labute approximate surface area is 142 Å². The van der Waals surface area contributed by atoms with Crippen LogP contribution in [-0.4, -0.2) is 12.5 Å². The molecule has 0 atom stereocenters. The number of carbonyl (C=O) groups is 1. The van der Waals surface area contributed by atoms with Gasteiger partial charge in [-0.25, -0.2) is 0 Å². The van der Waals surface area contributed by atoms with Crippen LogP contribution in [-0.2, 0) is 6.61 Å². The first-order chi connectivity index (χ1) is 10.5. The maximum Gasteiger partial charge on any atom is 0.248 e. The van der Waals surface area contributed by atoms with Gasteiger partial charge in [0.15, 0.2) is 11.5 Å². The number of nitrogens with two attached hydrogens (primary N) is 1. The van der Waals surface area contributed by atoms with Crippen LogP contribution in [0.2, 0.25) is 5.02 Å². The van der Waals surface area contributed by atoms with Gasteiger partial charge in [0.1, 0.15) is 6.61 Å². The van der Waals surface area contributed by atoms with E-state index in [0.717, 1.165) is 10.0 Å². The Bertz CT molecular complexity index is 674. The monoisotopic (exact) mass is 383 g/mol. The van der Waals surface area contributed by atoms with E-state index in [1.807, 2.05) is 31.2 Å². The quantitative estimate of drug-likeness (QED) is 0.812. The number of hydrogen-bond donors (Lipinski definition) is 1. The minimum atomic E-state index is -0.567. The van der Waals surface area contributed by atoms with E-state index in [9.17, 15) is 4.79 Å². The van der Waals surface area contributed by atoms with E-state index < -0.39 is 5.91 Å². The van der Waals surface area contributed by atoms with Crippen molar-refractivity contribution in [2.45, 2.75) is 13.5 Å². The maximum absolute atomic E-state index is 11.3. The number of amides is 1. The molecule has 0 aliphatic carbocycles. The standard InChI is InChI=1S/C16H15BrClNO3/c1-2-21-14-8-11(16(19)20)7-13(18)15(14)22-9-10-3-5-12(17)6-4-10/h3-8H,2,9H2,1H3,(H2,19,20). The van der Waals surface area contributed by atoms with Gasteiger partial charge in [0.25, 0.3) is 0 Å². The summed E-state index contributed by atoms with van der Waals surface area (Å²) >= 11 is 9.57. The molecule has 0 aliphatic heterocycles. The second-order valence-electron chi connectivity index (χ2n) is 4.50. The third-order valence-electron chi connectivity index (χ3n) is 2.89. The van der Waals surface area contributed by atoms with Gasteiger partial charge < -0.3 is 15.2 Å². The zero-order chi connectivity index (χ0) is 16.1. The van der Waals surface area contributed by atoms with E-state index in [2.05, 4.69) is 15.9 Å². The average molecular weight is 385 g/mol. The minimum Gasteiger partial charge on any atom is -0.490 e. The average Bonchev–Trinajstić information content (AvgIpc) is 2.48. The number of carbonyl (C=O) groups excluding carboxylic acids is 1. The van der Waals surface area contributed by atoms with E-state index >= 15 is 0 Å². The van der Waals surface area contributed by atoms with Crippen LogP contribution in [0, 0.1) is 0 Å². The Hall–Kier alpha value is -1.72. The first kappa shape index (κ1) is 16.6. The molecule has 22 heavy (non-hydrogen) atoms. The van der Waals surface area contributed by atoms with E-state index in [-0.39, 0.29) is 10.6 Å². The van der Waals surface area contributed by atoms with Crippen molar-refractivity contribution >= 4 is 33.4 Å². The van der Waals surface area contributed by atoms with E-state index in [0.29, 0.717) is 24.7 Å².